The number of hydrogen-bond acceptors (Lipinski definition) is 4. The molecule has 1 rings (SSSR count). The van der Waals surface area contributed by atoms with E-state index in [0.717, 1.165) is 0 Å². The molecule has 0 heterocycles. The molecule has 0 radical (unpaired) electrons. The molecule has 0 fully saturated rings. The first-order chi connectivity index (χ1) is 5.96. The Morgan fingerprint density at radius 2 is 2.23 bits per heavy atom. The van der Waals surface area contributed by atoms with Gasteiger partial charge in [0.25, 0.3) is 0 Å². The second-order valence-corrected chi connectivity index (χ2v) is 3.07. The molecular weight excluding hydrogens is 172 g/mol. The molecule has 0 aromatic carbocycles. The fourth-order valence-corrected chi connectivity index (χ4v) is 1.26. The van der Waals surface area contributed by atoms with Crippen LogP contribution >= 0.6 is 0 Å². The molecule has 0 unspecified atom stereocenters. The maximum atomic E-state index is 11.1. The molecule has 0 saturated heterocycles. The summed E-state index contributed by atoms with van der Waals surface area (Å²) in [5.74, 6) is -2.29. The lowest BCUT2D eigenvalue weighted by molar-refractivity contribution is -0.136. The van der Waals surface area contributed by atoms with Crippen LogP contribution in [0.1, 0.15) is 13.3 Å². The molecule has 1 aliphatic carbocycles. The zero-order valence-corrected chi connectivity index (χ0v) is 7.57. The lowest BCUT2D eigenvalue weighted by atomic mass is 9.95. The van der Waals surface area contributed by atoms with Crippen molar-refractivity contribution in [1.29, 1.82) is 0 Å². The Morgan fingerprint density at radius 3 is 2.69 bits per heavy atom. The predicted molar refractivity (Wildman–Crippen MR) is 45.6 cm³/mol. The van der Waals surface area contributed by atoms with Gasteiger partial charge in [0.1, 0.15) is 0 Å². The molecule has 0 spiro atoms. The topological polar surface area (TPSA) is 66.8 Å². The standard InChI is InChI=1S/C9H12O4/c1-6-5-9(11,12)4-3-7(6)8(10)13-2/h3-4,11-12H,5H2,1-2H3. The number of carbonyl (C=O) groups excluding carboxylic acids is 1. The second kappa shape index (κ2) is 3.32. The van der Waals surface area contributed by atoms with E-state index in [-0.39, 0.29) is 6.42 Å². The van der Waals surface area contributed by atoms with E-state index in [2.05, 4.69) is 4.74 Å². The van der Waals surface area contributed by atoms with Crippen molar-refractivity contribution < 1.29 is 19.7 Å². The smallest absolute Gasteiger partial charge is 0.337 e. The number of ether oxygens (including phenoxy) is 1. The summed E-state index contributed by atoms with van der Waals surface area (Å²) >= 11 is 0. The molecule has 4 nitrogen and oxygen atoms in total. The first-order valence-corrected chi connectivity index (χ1v) is 3.88. The summed E-state index contributed by atoms with van der Waals surface area (Å²) in [6.07, 6.45) is 2.57. The lowest BCUT2D eigenvalue weighted by Crippen LogP contribution is -2.28. The number of hydrogen-bond donors (Lipinski definition) is 2. The number of carbonyl (C=O) groups is 1. The van der Waals surface area contributed by atoms with Gasteiger partial charge in [0.15, 0.2) is 5.79 Å². The van der Waals surface area contributed by atoms with E-state index >= 15 is 0 Å². The minimum Gasteiger partial charge on any atom is -0.465 e. The van der Waals surface area contributed by atoms with Crippen LogP contribution < -0.4 is 0 Å². The van der Waals surface area contributed by atoms with Crippen molar-refractivity contribution in [2.45, 2.75) is 19.1 Å². The van der Waals surface area contributed by atoms with Crippen molar-refractivity contribution >= 4 is 5.97 Å². The van der Waals surface area contributed by atoms with Crippen LogP contribution in [-0.4, -0.2) is 29.1 Å². The van der Waals surface area contributed by atoms with Gasteiger partial charge in [0, 0.05) is 6.42 Å². The molecule has 4 heteroatoms. The van der Waals surface area contributed by atoms with Crippen LogP contribution in [0.5, 0.6) is 0 Å². The summed E-state index contributed by atoms with van der Waals surface area (Å²) in [7, 11) is 1.29. The monoisotopic (exact) mass is 184 g/mol. The van der Waals surface area contributed by atoms with Crippen LogP contribution in [0.3, 0.4) is 0 Å². The second-order valence-electron chi connectivity index (χ2n) is 3.07. The third-order valence-corrected chi connectivity index (χ3v) is 1.91. The zero-order valence-electron chi connectivity index (χ0n) is 7.57. The molecule has 0 bridgehead atoms. The van der Waals surface area contributed by atoms with Gasteiger partial charge < -0.3 is 14.9 Å². The highest BCUT2D eigenvalue weighted by Gasteiger charge is 2.26. The average Bonchev–Trinajstić information content (AvgIpc) is 2.01. The van der Waals surface area contributed by atoms with E-state index in [9.17, 15) is 15.0 Å². The summed E-state index contributed by atoms with van der Waals surface area (Å²) in [5.41, 5.74) is 1.00. The van der Waals surface area contributed by atoms with Crippen LogP contribution in [0, 0.1) is 0 Å². The van der Waals surface area contributed by atoms with Crippen LogP contribution in [0.15, 0.2) is 23.3 Å². The highest BCUT2D eigenvalue weighted by atomic mass is 16.5. The van der Waals surface area contributed by atoms with Gasteiger partial charge in [0.05, 0.1) is 12.7 Å². The Kier molecular flexibility index (Phi) is 2.54. The van der Waals surface area contributed by atoms with Gasteiger partial charge in [0.2, 0.25) is 0 Å². The van der Waals surface area contributed by atoms with Gasteiger partial charge in [-0.25, -0.2) is 4.79 Å². The van der Waals surface area contributed by atoms with Crippen molar-refractivity contribution in [2.24, 2.45) is 0 Å². The van der Waals surface area contributed by atoms with E-state index in [0.29, 0.717) is 11.1 Å². The van der Waals surface area contributed by atoms with Crippen LogP contribution in [0.2, 0.25) is 0 Å². The molecule has 0 aromatic heterocycles. The molecule has 0 saturated carbocycles. The van der Waals surface area contributed by atoms with Crippen molar-refractivity contribution in [2.75, 3.05) is 7.11 Å². The van der Waals surface area contributed by atoms with E-state index in [1.807, 2.05) is 0 Å². The fraction of sp³-hybridized carbons (Fsp3) is 0.444. The molecule has 72 valence electrons. The summed E-state index contributed by atoms with van der Waals surface area (Å²) in [5, 5.41) is 18.4. The quantitative estimate of drug-likeness (QED) is 0.448. The summed E-state index contributed by atoms with van der Waals surface area (Å²) in [4.78, 5) is 11.1. The van der Waals surface area contributed by atoms with E-state index in [4.69, 9.17) is 0 Å². The van der Waals surface area contributed by atoms with Gasteiger partial charge in [-0.2, -0.15) is 0 Å². The summed E-state index contributed by atoms with van der Waals surface area (Å²) < 4.78 is 4.52. The Morgan fingerprint density at radius 1 is 1.62 bits per heavy atom. The van der Waals surface area contributed by atoms with Gasteiger partial charge >= 0.3 is 5.97 Å². The molecule has 1 aliphatic rings. The molecule has 0 amide bonds. The molecule has 0 atom stereocenters. The van der Waals surface area contributed by atoms with Crippen LogP contribution in [-0.2, 0) is 9.53 Å². The highest BCUT2D eigenvalue weighted by Crippen LogP contribution is 2.25. The maximum absolute atomic E-state index is 11.1. The third-order valence-electron chi connectivity index (χ3n) is 1.91. The SMILES string of the molecule is COC(=O)C1=C(C)CC(O)(O)C=C1. The largest absolute Gasteiger partial charge is 0.465 e. The molecule has 13 heavy (non-hydrogen) atoms. The first kappa shape index (κ1) is 9.95. The van der Waals surface area contributed by atoms with Crippen molar-refractivity contribution in [3.8, 4) is 0 Å². The van der Waals surface area contributed by atoms with Gasteiger partial charge in [-0.3, -0.25) is 0 Å². The van der Waals surface area contributed by atoms with Gasteiger partial charge in [-0.05, 0) is 19.1 Å². The van der Waals surface area contributed by atoms with E-state index in [1.165, 1.54) is 19.3 Å². The van der Waals surface area contributed by atoms with Crippen molar-refractivity contribution in [3.05, 3.63) is 23.3 Å². The Balaban J connectivity index is 2.91. The summed E-state index contributed by atoms with van der Waals surface area (Å²) in [6, 6.07) is 0. The Labute approximate surface area is 76.1 Å². The number of methoxy groups -OCH3 is 1. The molecular formula is C9H12O4. The molecule has 0 aliphatic heterocycles. The maximum Gasteiger partial charge on any atom is 0.337 e. The fourth-order valence-electron chi connectivity index (χ4n) is 1.26. The van der Waals surface area contributed by atoms with E-state index in [1.54, 1.807) is 6.92 Å². The average molecular weight is 184 g/mol. The number of rotatable bonds is 1. The minimum absolute atomic E-state index is 0.0356. The Bertz CT molecular complexity index is 286. The molecule has 0 aromatic rings. The van der Waals surface area contributed by atoms with Crippen molar-refractivity contribution in [3.63, 3.8) is 0 Å². The zero-order chi connectivity index (χ0) is 10.1. The third kappa shape index (κ3) is 2.17. The highest BCUT2D eigenvalue weighted by molar-refractivity contribution is 5.92. The van der Waals surface area contributed by atoms with Crippen LogP contribution in [0.4, 0.5) is 0 Å². The summed E-state index contributed by atoms with van der Waals surface area (Å²) in [6.45, 7) is 1.66. The first-order valence-electron chi connectivity index (χ1n) is 3.88. The Hall–Kier alpha value is -1.13. The predicted octanol–water partition coefficient (Wildman–Crippen LogP) is 0.117. The van der Waals surface area contributed by atoms with Crippen molar-refractivity contribution in [1.82, 2.24) is 0 Å². The normalized spacial score (nSPS) is 20.3. The molecule has 2 N–H and O–H groups in total. The van der Waals surface area contributed by atoms with E-state index < -0.39 is 11.8 Å². The lowest BCUT2D eigenvalue weighted by Gasteiger charge is -2.22. The van der Waals surface area contributed by atoms with Gasteiger partial charge in [-0.1, -0.05) is 5.57 Å². The minimum atomic E-state index is -1.83. The number of esters is 1. The number of aliphatic hydroxyl groups is 2. The van der Waals surface area contributed by atoms with Gasteiger partial charge in [-0.15, -0.1) is 0 Å². The van der Waals surface area contributed by atoms with Crippen LogP contribution in [0.25, 0.3) is 0 Å².